The Kier molecular flexibility index (Phi) is 3.52. The number of amides is 1. The maximum absolute atomic E-state index is 11.5. The lowest BCUT2D eigenvalue weighted by Gasteiger charge is -2.24. The molecule has 5 heteroatoms. The van der Waals surface area contributed by atoms with Crippen molar-refractivity contribution in [1.82, 2.24) is 4.98 Å². The van der Waals surface area contributed by atoms with Gasteiger partial charge in [0.1, 0.15) is 5.82 Å². The van der Waals surface area contributed by atoms with Crippen molar-refractivity contribution in [2.24, 2.45) is 17.4 Å². The fourth-order valence-electron chi connectivity index (χ4n) is 2.56. The summed E-state index contributed by atoms with van der Waals surface area (Å²) in [4.78, 5) is 18.1. The lowest BCUT2D eigenvalue weighted by atomic mass is 10.1. The normalized spacial score (nSPS) is 23.4. The predicted octanol–water partition coefficient (Wildman–Crippen LogP) is 0.662. The lowest BCUT2D eigenvalue weighted by molar-refractivity contribution is 0.100. The van der Waals surface area contributed by atoms with Gasteiger partial charge in [0.05, 0.1) is 5.56 Å². The molecule has 1 aromatic heterocycles. The molecular weight excluding hydrogens is 228 g/mol. The van der Waals surface area contributed by atoms with Crippen LogP contribution in [0.2, 0.25) is 0 Å². The molecule has 1 saturated heterocycles. The van der Waals surface area contributed by atoms with Gasteiger partial charge in [-0.2, -0.15) is 0 Å². The summed E-state index contributed by atoms with van der Waals surface area (Å²) in [5.74, 6) is 0.731. The largest absolute Gasteiger partial charge is 0.365 e. The first kappa shape index (κ1) is 12.8. The van der Waals surface area contributed by atoms with Gasteiger partial charge < -0.3 is 16.4 Å². The number of rotatable bonds is 3. The minimum atomic E-state index is -0.430. The van der Waals surface area contributed by atoms with Crippen LogP contribution in [0.3, 0.4) is 0 Å². The molecule has 0 radical (unpaired) electrons. The van der Waals surface area contributed by atoms with E-state index in [9.17, 15) is 4.79 Å². The van der Waals surface area contributed by atoms with Gasteiger partial charge in [0.2, 0.25) is 0 Å². The van der Waals surface area contributed by atoms with Crippen LogP contribution in [0, 0.1) is 12.8 Å². The van der Waals surface area contributed by atoms with Crippen molar-refractivity contribution in [2.75, 3.05) is 18.0 Å². The van der Waals surface area contributed by atoms with E-state index in [0.717, 1.165) is 18.7 Å². The SMILES string of the molecule is Cc1ccc(C(N)=O)c(N2CC(CN)CC2C)n1. The fraction of sp³-hybridized carbons (Fsp3) is 0.538. The molecule has 2 atom stereocenters. The van der Waals surface area contributed by atoms with Gasteiger partial charge in [-0.3, -0.25) is 4.79 Å². The first-order valence-electron chi connectivity index (χ1n) is 6.27. The van der Waals surface area contributed by atoms with Crippen LogP contribution >= 0.6 is 0 Å². The van der Waals surface area contributed by atoms with Crippen molar-refractivity contribution in [3.8, 4) is 0 Å². The van der Waals surface area contributed by atoms with Crippen LogP contribution in [0.1, 0.15) is 29.4 Å². The maximum Gasteiger partial charge on any atom is 0.252 e. The van der Waals surface area contributed by atoms with Crippen molar-refractivity contribution in [2.45, 2.75) is 26.3 Å². The number of hydrogen-bond donors (Lipinski definition) is 2. The number of aromatic nitrogens is 1. The molecule has 98 valence electrons. The number of anilines is 1. The van der Waals surface area contributed by atoms with Gasteiger partial charge in [-0.25, -0.2) is 4.98 Å². The molecule has 18 heavy (non-hydrogen) atoms. The molecule has 0 bridgehead atoms. The van der Waals surface area contributed by atoms with Crippen molar-refractivity contribution >= 4 is 11.7 Å². The molecule has 5 nitrogen and oxygen atoms in total. The Morgan fingerprint density at radius 3 is 2.83 bits per heavy atom. The van der Waals surface area contributed by atoms with E-state index in [-0.39, 0.29) is 0 Å². The average molecular weight is 248 g/mol. The van der Waals surface area contributed by atoms with Gasteiger partial charge in [0.15, 0.2) is 0 Å². The van der Waals surface area contributed by atoms with Crippen LogP contribution in [-0.4, -0.2) is 30.0 Å². The molecule has 0 spiro atoms. The van der Waals surface area contributed by atoms with Crippen molar-refractivity contribution < 1.29 is 4.79 Å². The van der Waals surface area contributed by atoms with Gasteiger partial charge in [-0.1, -0.05) is 0 Å². The summed E-state index contributed by atoms with van der Waals surface area (Å²) in [6.07, 6.45) is 1.03. The summed E-state index contributed by atoms with van der Waals surface area (Å²) in [6.45, 7) is 5.55. The van der Waals surface area contributed by atoms with Crippen LogP contribution in [0.5, 0.6) is 0 Å². The number of aryl methyl sites for hydroxylation is 1. The second kappa shape index (κ2) is 4.94. The second-order valence-electron chi connectivity index (χ2n) is 5.03. The Labute approximate surface area is 107 Å². The smallest absolute Gasteiger partial charge is 0.252 e. The summed E-state index contributed by atoms with van der Waals surface area (Å²) < 4.78 is 0. The van der Waals surface area contributed by atoms with E-state index in [2.05, 4.69) is 16.8 Å². The standard InChI is InChI=1S/C13H20N4O/c1-8-3-4-11(12(15)18)13(16-8)17-7-10(6-14)5-9(17)2/h3-4,9-10H,5-7,14H2,1-2H3,(H2,15,18). The van der Waals surface area contributed by atoms with Gasteiger partial charge in [-0.15, -0.1) is 0 Å². The average Bonchev–Trinajstić information content (AvgIpc) is 2.70. The van der Waals surface area contributed by atoms with Gasteiger partial charge in [0, 0.05) is 18.3 Å². The molecule has 1 amide bonds. The number of carbonyl (C=O) groups is 1. The zero-order valence-electron chi connectivity index (χ0n) is 10.9. The topological polar surface area (TPSA) is 85.2 Å². The molecule has 1 fully saturated rings. The first-order chi connectivity index (χ1) is 8.52. The van der Waals surface area contributed by atoms with E-state index in [4.69, 9.17) is 11.5 Å². The Bertz CT molecular complexity index is 460. The third-order valence-electron chi connectivity index (χ3n) is 3.55. The quantitative estimate of drug-likeness (QED) is 0.823. The molecule has 1 aliphatic rings. The Morgan fingerprint density at radius 2 is 2.28 bits per heavy atom. The number of pyridine rings is 1. The van der Waals surface area contributed by atoms with E-state index in [0.29, 0.717) is 29.9 Å². The summed E-state index contributed by atoms with van der Waals surface area (Å²) in [5, 5.41) is 0. The van der Waals surface area contributed by atoms with E-state index in [1.807, 2.05) is 13.0 Å². The van der Waals surface area contributed by atoms with Gasteiger partial charge in [0.25, 0.3) is 5.91 Å². The Morgan fingerprint density at radius 1 is 1.56 bits per heavy atom. The highest BCUT2D eigenvalue weighted by Crippen LogP contribution is 2.29. The third kappa shape index (κ3) is 2.31. The fourth-order valence-corrected chi connectivity index (χ4v) is 2.56. The van der Waals surface area contributed by atoms with Crippen molar-refractivity contribution in [3.63, 3.8) is 0 Å². The molecular formula is C13H20N4O. The molecule has 2 rings (SSSR count). The highest BCUT2D eigenvalue weighted by atomic mass is 16.1. The van der Waals surface area contributed by atoms with E-state index in [1.54, 1.807) is 6.07 Å². The zero-order chi connectivity index (χ0) is 13.3. The summed E-state index contributed by atoms with van der Waals surface area (Å²) in [6, 6.07) is 3.90. The summed E-state index contributed by atoms with van der Waals surface area (Å²) in [5.41, 5.74) is 12.5. The number of carbonyl (C=O) groups excluding carboxylic acids is 1. The lowest BCUT2D eigenvalue weighted by Crippen LogP contribution is -2.31. The minimum absolute atomic E-state index is 0.339. The highest BCUT2D eigenvalue weighted by molar-refractivity contribution is 5.97. The molecule has 4 N–H and O–H groups in total. The van der Waals surface area contributed by atoms with Crippen LogP contribution in [0.25, 0.3) is 0 Å². The van der Waals surface area contributed by atoms with Crippen molar-refractivity contribution in [3.05, 3.63) is 23.4 Å². The van der Waals surface area contributed by atoms with E-state index < -0.39 is 5.91 Å². The van der Waals surface area contributed by atoms with Crippen LogP contribution < -0.4 is 16.4 Å². The van der Waals surface area contributed by atoms with Crippen LogP contribution in [0.4, 0.5) is 5.82 Å². The monoisotopic (exact) mass is 248 g/mol. The number of primary amides is 1. The van der Waals surface area contributed by atoms with Gasteiger partial charge in [-0.05, 0) is 44.9 Å². The molecule has 0 aromatic carbocycles. The highest BCUT2D eigenvalue weighted by Gasteiger charge is 2.31. The minimum Gasteiger partial charge on any atom is -0.365 e. The van der Waals surface area contributed by atoms with Crippen LogP contribution in [0.15, 0.2) is 12.1 Å². The predicted molar refractivity (Wildman–Crippen MR) is 71.5 cm³/mol. The zero-order valence-corrected chi connectivity index (χ0v) is 10.9. The molecule has 1 aliphatic heterocycles. The molecule has 0 aliphatic carbocycles. The van der Waals surface area contributed by atoms with Crippen LogP contribution in [-0.2, 0) is 0 Å². The molecule has 0 saturated carbocycles. The number of nitrogens with zero attached hydrogens (tertiary/aromatic N) is 2. The number of hydrogen-bond acceptors (Lipinski definition) is 4. The Hall–Kier alpha value is -1.62. The van der Waals surface area contributed by atoms with Crippen molar-refractivity contribution in [1.29, 1.82) is 0 Å². The summed E-state index contributed by atoms with van der Waals surface area (Å²) in [7, 11) is 0. The third-order valence-corrected chi connectivity index (χ3v) is 3.55. The maximum atomic E-state index is 11.5. The molecule has 2 unspecified atom stereocenters. The van der Waals surface area contributed by atoms with E-state index in [1.165, 1.54) is 0 Å². The van der Waals surface area contributed by atoms with Gasteiger partial charge >= 0.3 is 0 Å². The summed E-state index contributed by atoms with van der Waals surface area (Å²) >= 11 is 0. The number of nitrogens with two attached hydrogens (primary N) is 2. The molecule has 2 heterocycles. The first-order valence-corrected chi connectivity index (χ1v) is 6.27. The second-order valence-corrected chi connectivity index (χ2v) is 5.03. The molecule has 1 aromatic rings. The Balaban J connectivity index is 2.38. The van der Waals surface area contributed by atoms with E-state index >= 15 is 0 Å².